The minimum absolute atomic E-state index is 0.172. The molecule has 0 atom stereocenters. The highest BCUT2D eigenvalue weighted by molar-refractivity contribution is 5.91. The topological polar surface area (TPSA) is 29.5 Å². The van der Waals surface area contributed by atoms with Crippen molar-refractivity contribution in [2.45, 2.75) is 6.54 Å². The Kier molecular flexibility index (Phi) is 6.51. The molecule has 0 aliphatic rings. The molecule has 4 heteroatoms. The summed E-state index contributed by atoms with van der Waals surface area (Å²) in [6.07, 6.45) is 2.90. The van der Waals surface area contributed by atoms with E-state index >= 15 is 0 Å². The predicted octanol–water partition coefficient (Wildman–Crippen LogP) is 3.51. The average molecular weight is 313 g/mol. The third-order valence-corrected chi connectivity index (χ3v) is 3.40. The summed E-state index contributed by atoms with van der Waals surface area (Å²) >= 11 is 0. The number of carbonyl (C=O) groups excluding carboxylic acids is 1. The van der Waals surface area contributed by atoms with Gasteiger partial charge < -0.3 is 9.64 Å². The lowest BCUT2D eigenvalue weighted by atomic mass is 10.2. The molecule has 0 unspecified atom stereocenters. The van der Waals surface area contributed by atoms with E-state index in [1.165, 1.54) is 18.2 Å². The largest absolute Gasteiger partial charge is 0.383 e. The second-order valence-corrected chi connectivity index (χ2v) is 5.09. The van der Waals surface area contributed by atoms with Crippen molar-refractivity contribution in [3.63, 3.8) is 0 Å². The van der Waals surface area contributed by atoms with E-state index in [1.807, 2.05) is 30.3 Å². The molecular weight excluding hydrogens is 293 g/mol. The van der Waals surface area contributed by atoms with Gasteiger partial charge in [0, 0.05) is 31.8 Å². The SMILES string of the molecule is COCCN(Cc1ccccc1)C(=O)/C=C/c1ccccc1F. The summed E-state index contributed by atoms with van der Waals surface area (Å²) in [4.78, 5) is 14.1. The molecule has 0 saturated heterocycles. The molecule has 0 aliphatic heterocycles. The van der Waals surface area contributed by atoms with Crippen molar-refractivity contribution >= 4 is 12.0 Å². The van der Waals surface area contributed by atoms with Gasteiger partial charge in [-0.1, -0.05) is 48.5 Å². The first-order chi connectivity index (χ1) is 11.2. The zero-order chi connectivity index (χ0) is 16.5. The lowest BCUT2D eigenvalue weighted by Gasteiger charge is -2.21. The zero-order valence-electron chi connectivity index (χ0n) is 13.1. The summed E-state index contributed by atoms with van der Waals surface area (Å²) in [5, 5.41) is 0. The van der Waals surface area contributed by atoms with Crippen LogP contribution in [0.5, 0.6) is 0 Å². The van der Waals surface area contributed by atoms with Gasteiger partial charge in [0.1, 0.15) is 5.82 Å². The molecule has 0 saturated carbocycles. The van der Waals surface area contributed by atoms with Crippen LogP contribution in [0.3, 0.4) is 0 Å². The molecule has 3 nitrogen and oxygen atoms in total. The van der Waals surface area contributed by atoms with E-state index in [0.717, 1.165) is 5.56 Å². The fourth-order valence-corrected chi connectivity index (χ4v) is 2.15. The molecule has 0 aromatic heterocycles. The van der Waals surface area contributed by atoms with Gasteiger partial charge in [-0.25, -0.2) is 4.39 Å². The normalized spacial score (nSPS) is 10.9. The summed E-state index contributed by atoms with van der Waals surface area (Å²) < 4.78 is 18.7. The minimum Gasteiger partial charge on any atom is -0.383 e. The van der Waals surface area contributed by atoms with Gasteiger partial charge in [0.25, 0.3) is 0 Å². The number of hydrogen-bond acceptors (Lipinski definition) is 2. The zero-order valence-corrected chi connectivity index (χ0v) is 13.1. The van der Waals surface area contributed by atoms with Crippen LogP contribution in [0.4, 0.5) is 4.39 Å². The number of hydrogen-bond donors (Lipinski definition) is 0. The van der Waals surface area contributed by atoms with Gasteiger partial charge in [-0.15, -0.1) is 0 Å². The van der Waals surface area contributed by atoms with Crippen molar-refractivity contribution in [2.75, 3.05) is 20.3 Å². The first-order valence-corrected chi connectivity index (χ1v) is 7.45. The summed E-state index contributed by atoms with van der Waals surface area (Å²) in [5.74, 6) is -0.516. The number of methoxy groups -OCH3 is 1. The number of rotatable bonds is 7. The average Bonchev–Trinajstić information content (AvgIpc) is 2.58. The molecule has 0 aliphatic carbocycles. The Hall–Kier alpha value is -2.46. The lowest BCUT2D eigenvalue weighted by Crippen LogP contribution is -2.32. The summed E-state index contributed by atoms with van der Waals surface area (Å²) in [5.41, 5.74) is 1.43. The van der Waals surface area contributed by atoms with Crippen LogP contribution in [-0.2, 0) is 16.1 Å². The maximum atomic E-state index is 13.6. The molecular formula is C19H20FNO2. The van der Waals surface area contributed by atoms with E-state index in [4.69, 9.17) is 4.74 Å². The van der Waals surface area contributed by atoms with Crippen molar-refractivity contribution in [1.82, 2.24) is 4.90 Å². The molecule has 2 aromatic rings. The molecule has 0 radical (unpaired) electrons. The van der Waals surface area contributed by atoms with Crippen molar-refractivity contribution in [3.8, 4) is 0 Å². The first-order valence-electron chi connectivity index (χ1n) is 7.45. The van der Waals surface area contributed by atoms with Crippen LogP contribution in [0, 0.1) is 5.82 Å². The number of nitrogens with zero attached hydrogens (tertiary/aromatic N) is 1. The highest BCUT2D eigenvalue weighted by Gasteiger charge is 2.11. The van der Waals surface area contributed by atoms with Crippen LogP contribution in [0.1, 0.15) is 11.1 Å². The van der Waals surface area contributed by atoms with Gasteiger partial charge in [-0.3, -0.25) is 4.79 Å². The number of amides is 1. The standard InChI is InChI=1S/C19H20FNO2/c1-23-14-13-21(15-16-7-3-2-4-8-16)19(22)12-11-17-9-5-6-10-18(17)20/h2-12H,13-15H2,1H3/b12-11+. The van der Waals surface area contributed by atoms with Crippen molar-refractivity contribution in [2.24, 2.45) is 0 Å². The second kappa shape index (κ2) is 8.86. The monoisotopic (exact) mass is 313 g/mol. The molecule has 2 rings (SSSR count). The van der Waals surface area contributed by atoms with Crippen LogP contribution >= 0.6 is 0 Å². The number of benzene rings is 2. The quantitative estimate of drug-likeness (QED) is 0.732. The molecule has 0 bridgehead atoms. The van der Waals surface area contributed by atoms with Crippen LogP contribution in [0.25, 0.3) is 6.08 Å². The summed E-state index contributed by atoms with van der Waals surface area (Å²) in [6, 6.07) is 16.1. The van der Waals surface area contributed by atoms with Crippen molar-refractivity contribution in [1.29, 1.82) is 0 Å². The predicted molar refractivity (Wildman–Crippen MR) is 89.2 cm³/mol. The van der Waals surface area contributed by atoms with Crippen LogP contribution in [-0.4, -0.2) is 31.1 Å². The highest BCUT2D eigenvalue weighted by Crippen LogP contribution is 2.10. The third-order valence-electron chi connectivity index (χ3n) is 3.40. The Labute approximate surface area is 136 Å². The number of ether oxygens (including phenoxy) is 1. The lowest BCUT2D eigenvalue weighted by molar-refractivity contribution is -0.127. The van der Waals surface area contributed by atoms with Crippen LogP contribution in [0.15, 0.2) is 60.7 Å². The smallest absolute Gasteiger partial charge is 0.246 e. The fourth-order valence-electron chi connectivity index (χ4n) is 2.15. The van der Waals surface area contributed by atoms with E-state index in [1.54, 1.807) is 30.2 Å². The van der Waals surface area contributed by atoms with Crippen molar-refractivity contribution < 1.29 is 13.9 Å². The van der Waals surface area contributed by atoms with Crippen molar-refractivity contribution in [3.05, 3.63) is 77.6 Å². The van der Waals surface area contributed by atoms with Gasteiger partial charge in [-0.2, -0.15) is 0 Å². The number of carbonyl (C=O) groups is 1. The maximum Gasteiger partial charge on any atom is 0.246 e. The van der Waals surface area contributed by atoms with E-state index in [2.05, 4.69) is 0 Å². The molecule has 23 heavy (non-hydrogen) atoms. The molecule has 0 spiro atoms. The highest BCUT2D eigenvalue weighted by atomic mass is 19.1. The van der Waals surface area contributed by atoms with E-state index in [0.29, 0.717) is 25.3 Å². The van der Waals surface area contributed by atoms with Crippen LogP contribution in [0.2, 0.25) is 0 Å². The second-order valence-electron chi connectivity index (χ2n) is 5.09. The maximum absolute atomic E-state index is 13.6. The van der Waals surface area contributed by atoms with E-state index in [-0.39, 0.29) is 11.7 Å². The van der Waals surface area contributed by atoms with E-state index in [9.17, 15) is 9.18 Å². The first kappa shape index (κ1) is 16.9. The Balaban J connectivity index is 2.08. The Morgan fingerprint density at radius 1 is 1.13 bits per heavy atom. The fraction of sp³-hybridized carbons (Fsp3) is 0.211. The van der Waals surface area contributed by atoms with Gasteiger partial charge in [0.2, 0.25) is 5.91 Å². The number of halogens is 1. The van der Waals surface area contributed by atoms with Gasteiger partial charge in [0.05, 0.1) is 6.61 Å². The molecule has 1 amide bonds. The van der Waals surface area contributed by atoms with Crippen LogP contribution < -0.4 is 0 Å². The van der Waals surface area contributed by atoms with Gasteiger partial charge in [0.15, 0.2) is 0 Å². The third kappa shape index (κ3) is 5.34. The molecule has 120 valence electrons. The molecule has 2 aromatic carbocycles. The Bertz CT molecular complexity index is 655. The summed E-state index contributed by atoms with van der Waals surface area (Å²) in [6.45, 7) is 1.42. The Morgan fingerprint density at radius 3 is 2.52 bits per heavy atom. The van der Waals surface area contributed by atoms with Gasteiger partial charge >= 0.3 is 0 Å². The minimum atomic E-state index is -0.344. The molecule has 0 heterocycles. The molecule has 0 N–H and O–H groups in total. The summed E-state index contributed by atoms with van der Waals surface area (Å²) in [7, 11) is 1.60. The Morgan fingerprint density at radius 2 is 1.83 bits per heavy atom. The van der Waals surface area contributed by atoms with E-state index < -0.39 is 0 Å². The van der Waals surface area contributed by atoms with Gasteiger partial charge in [-0.05, 0) is 17.7 Å². The molecule has 0 fully saturated rings.